The second-order valence-corrected chi connectivity index (χ2v) is 16.9. The highest BCUT2D eigenvalue weighted by Crippen LogP contribution is 2.49. The Balaban J connectivity index is 1.06. The average molecular weight is 841 g/mol. The molecule has 0 spiro atoms. The highest BCUT2D eigenvalue weighted by molar-refractivity contribution is 6.11. The van der Waals surface area contributed by atoms with E-state index in [1.807, 2.05) is 0 Å². The van der Waals surface area contributed by atoms with Crippen molar-refractivity contribution in [3.8, 4) is 61.3 Å². The van der Waals surface area contributed by atoms with Crippen molar-refractivity contribution in [3.05, 3.63) is 267 Å². The third-order valence-electron chi connectivity index (χ3n) is 13.0. The normalized spacial score (nSPS) is 11.3. The highest BCUT2D eigenvalue weighted by Gasteiger charge is 2.24. The van der Waals surface area contributed by atoms with Gasteiger partial charge in [0.05, 0.1) is 16.7 Å². The van der Waals surface area contributed by atoms with Crippen LogP contribution in [0.3, 0.4) is 0 Å². The molecule has 0 bridgehead atoms. The summed E-state index contributed by atoms with van der Waals surface area (Å²) in [5.74, 6) is 0. The number of anilines is 3. The molecule has 0 aliphatic heterocycles. The fraction of sp³-hybridized carbons (Fsp3) is 0. The SMILES string of the molecule is c1ccc(-c2ccccc2-c2c(-c3ccccc3)cccc2N(c2ccc(-c3ccc(-c4ccc5ccccc5c4)cc3)cc2)c2ccc3c4ccccc4n(-c4ccccc4)c3c2)cc1. The molecule has 310 valence electrons. The van der Waals surface area contributed by atoms with Crippen molar-refractivity contribution < 1.29 is 0 Å². The van der Waals surface area contributed by atoms with Crippen LogP contribution in [-0.2, 0) is 0 Å². The average Bonchev–Trinajstić information content (AvgIpc) is 3.73. The zero-order chi connectivity index (χ0) is 43.8. The Morgan fingerprint density at radius 2 is 0.788 bits per heavy atom. The maximum Gasteiger partial charge on any atom is 0.0561 e. The molecular weight excluding hydrogens is 797 g/mol. The predicted octanol–water partition coefficient (Wildman–Crippen LogP) is 17.7. The number of hydrogen-bond donors (Lipinski definition) is 0. The molecule has 12 rings (SSSR count). The Morgan fingerprint density at radius 3 is 1.52 bits per heavy atom. The van der Waals surface area contributed by atoms with Crippen molar-refractivity contribution in [1.29, 1.82) is 0 Å². The van der Waals surface area contributed by atoms with Gasteiger partial charge in [-0.1, -0.05) is 212 Å². The zero-order valence-corrected chi connectivity index (χ0v) is 36.3. The summed E-state index contributed by atoms with van der Waals surface area (Å²) in [6.07, 6.45) is 0. The van der Waals surface area contributed by atoms with Crippen molar-refractivity contribution in [2.75, 3.05) is 4.90 Å². The Labute approximate surface area is 385 Å². The third-order valence-corrected chi connectivity index (χ3v) is 13.0. The van der Waals surface area contributed by atoms with E-state index in [1.54, 1.807) is 0 Å². The van der Waals surface area contributed by atoms with Gasteiger partial charge in [-0.05, 0) is 115 Å². The first-order valence-electron chi connectivity index (χ1n) is 22.7. The summed E-state index contributed by atoms with van der Waals surface area (Å²) in [6.45, 7) is 0. The minimum absolute atomic E-state index is 1.07. The number of rotatable bonds is 9. The van der Waals surface area contributed by atoms with Crippen LogP contribution in [0.1, 0.15) is 0 Å². The molecule has 0 radical (unpaired) electrons. The van der Waals surface area contributed by atoms with E-state index >= 15 is 0 Å². The minimum atomic E-state index is 1.07. The summed E-state index contributed by atoms with van der Waals surface area (Å²) in [4.78, 5) is 2.46. The molecule has 2 heteroatoms. The first-order valence-corrected chi connectivity index (χ1v) is 22.7. The molecule has 0 fully saturated rings. The van der Waals surface area contributed by atoms with Gasteiger partial charge >= 0.3 is 0 Å². The topological polar surface area (TPSA) is 8.17 Å². The standard InChI is InChI=1S/C64H44N2/c1-4-18-49(19-5-1)56-25-12-13-27-60(56)64-57(50-20-6-2-7-21-50)28-16-30-62(64)65(55-41-42-59-58-26-14-15-29-61(58)66(63(59)44-55)53-23-8-3-9-24-53)54-39-37-47(38-40-54)46-31-33-48(34-32-46)52-36-35-45-17-10-11-22-51(45)43-52/h1-44H. The zero-order valence-electron chi connectivity index (χ0n) is 36.3. The molecule has 1 aromatic heterocycles. The predicted molar refractivity (Wildman–Crippen MR) is 280 cm³/mol. The van der Waals surface area contributed by atoms with Crippen molar-refractivity contribution in [2.45, 2.75) is 0 Å². The van der Waals surface area contributed by atoms with Gasteiger partial charge < -0.3 is 9.47 Å². The molecule has 0 aliphatic rings. The van der Waals surface area contributed by atoms with Crippen LogP contribution in [0.5, 0.6) is 0 Å². The van der Waals surface area contributed by atoms with Gasteiger partial charge in [-0.3, -0.25) is 0 Å². The Kier molecular flexibility index (Phi) is 9.89. The van der Waals surface area contributed by atoms with Crippen LogP contribution in [0.2, 0.25) is 0 Å². The van der Waals surface area contributed by atoms with Crippen LogP contribution in [0.25, 0.3) is 93.9 Å². The summed E-state index contributed by atoms with van der Waals surface area (Å²) in [5.41, 5.74) is 18.5. The molecule has 2 nitrogen and oxygen atoms in total. The van der Waals surface area contributed by atoms with E-state index in [1.165, 1.54) is 77.1 Å². The van der Waals surface area contributed by atoms with Crippen LogP contribution in [0.15, 0.2) is 267 Å². The number of para-hydroxylation sites is 2. The lowest BCUT2D eigenvalue weighted by molar-refractivity contribution is 1.18. The molecule has 1 heterocycles. The van der Waals surface area contributed by atoms with E-state index in [4.69, 9.17) is 0 Å². The molecule has 12 aromatic rings. The second-order valence-electron chi connectivity index (χ2n) is 16.9. The van der Waals surface area contributed by atoms with Crippen molar-refractivity contribution in [2.24, 2.45) is 0 Å². The molecule has 0 atom stereocenters. The number of aromatic nitrogens is 1. The maximum absolute atomic E-state index is 2.46. The van der Waals surface area contributed by atoms with Gasteiger partial charge in [-0.15, -0.1) is 0 Å². The smallest absolute Gasteiger partial charge is 0.0561 e. The molecule has 0 N–H and O–H groups in total. The van der Waals surface area contributed by atoms with E-state index in [-0.39, 0.29) is 0 Å². The Bertz CT molecular complexity index is 3660. The lowest BCUT2D eigenvalue weighted by Gasteiger charge is -2.30. The number of fused-ring (bicyclic) bond motifs is 4. The highest BCUT2D eigenvalue weighted by atomic mass is 15.1. The summed E-state index contributed by atoms with van der Waals surface area (Å²) in [6, 6.07) is 97.0. The van der Waals surface area contributed by atoms with Crippen LogP contribution in [-0.4, -0.2) is 4.57 Å². The summed E-state index contributed by atoms with van der Waals surface area (Å²) in [5, 5.41) is 4.95. The fourth-order valence-electron chi connectivity index (χ4n) is 9.85. The van der Waals surface area contributed by atoms with Crippen LogP contribution in [0, 0.1) is 0 Å². The lowest BCUT2D eigenvalue weighted by Crippen LogP contribution is -2.12. The van der Waals surface area contributed by atoms with E-state index < -0.39 is 0 Å². The number of nitrogens with zero attached hydrogens (tertiary/aromatic N) is 2. The lowest BCUT2D eigenvalue weighted by atomic mass is 9.87. The van der Waals surface area contributed by atoms with E-state index in [2.05, 4.69) is 276 Å². The van der Waals surface area contributed by atoms with Gasteiger partial charge in [0.25, 0.3) is 0 Å². The maximum atomic E-state index is 2.46. The Hall–Kier alpha value is -8.72. The van der Waals surface area contributed by atoms with Crippen LogP contribution in [0.4, 0.5) is 17.1 Å². The Morgan fingerprint density at radius 1 is 0.273 bits per heavy atom. The van der Waals surface area contributed by atoms with Gasteiger partial charge in [-0.2, -0.15) is 0 Å². The molecule has 0 saturated heterocycles. The molecule has 0 unspecified atom stereocenters. The van der Waals surface area contributed by atoms with Crippen molar-refractivity contribution in [1.82, 2.24) is 4.57 Å². The fourth-order valence-corrected chi connectivity index (χ4v) is 9.85. The first kappa shape index (κ1) is 38.9. The van der Waals surface area contributed by atoms with Crippen molar-refractivity contribution >= 4 is 49.6 Å². The van der Waals surface area contributed by atoms with Gasteiger partial charge in [0.2, 0.25) is 0 Å². The molecule has 0 saturated carbocycles. The molecule has 66 heavy (non-hydrogen) atoms. The van der Waals surface area contributed by atoms with Crippen molar-refractivity contribution in [3.63, 3.8) is 0 Å². The molecule has 0 amide bonds. The number of hydrogen-bond acceptors (Lipinski definition) is 1. The van der Waals surface area contributed by atoms with E-state index in [0.717, 1.165) is 33.8 Å². The molecule has 11 aromatic carbocycles. The summed E-state index contributed by atoms with van der Waals surface area (Å²) >= 11 is 0. The van der Waals surface area contributed by atoms with Crippen LogP contribution < -0.4 is 4.90 Å². The van der Waals surface area contributed by atoms with Gasteiger partial charge in [-0.25, -0.2) is 0 Å². The van der Waals surface area contributed by atoms with Gasteiger partial charge in [0.15, 0.2) is 0 Å². The van der Waals surface area contributed by atoms with Gasteiger partial charge in [0.1, 0.15) is 0 Å². The summed E-state index contributed by atoms with van der Waals surface area (Å²) in [7, 11) is 0. The molecule has 0 aliphatic carbocycles. The third kappa shape index (κ3) is 7.02. The first-order chi connectivity index (χ1) is 32.7. The quantitative estimate of drug-likeness (QED) is 0.141. The molecular formula is C64H44N2. The minimum Gasteiger partial charge on any atom is -0.310 e. The van der Waals surface area contributed by atoms with Crippen LogP contribution >= 0.6 is 0 Å². The monoisotopic (exact) mass is 840 g/mol. The number of benzene rings is 11. The van der Waals surface area contributed by atoms with Gasteiger partial charge in [0, 0.05) is 33.4 Å². The second kappa shape index (κ2) is 16.8. The van der Waals surface area contributed by atoms with E-state index in [9.17, 15) is 0 Å². The largest absolute Gasteiger partial charge is 0.310 e. The van der Waals surface area contributed by atoms with E-state index in [0.29, 0.717) is 0 Å². The summed E-state index contributed by atoms with van der Waals surface area (Å²) < 4.78 is 2.41.